The average molecular weight is 311 g/mol. The molecule has 1 fully saturated rings. The van der Waals surface area contributed by atoms with E-state index in [0.717, 1.165) is 38.6 Å². The second kappa shape index (κ2) is 7.00. The Kier molecular flexibility index (Phi) is 5.30. The van der Waals surface area contributed by atoms with Crippen LogP contribution in [0.1, 0.15) is 25.0 Å². The first-order valence-corrected chi connectivity index (χ1v) is 8.94. The van der Waals surface area contributed by atoms with Crippen molar-refractivity contribution in [2.75, 3.05) is 25.9 Å². The van der Waals surface area contributed by atoms with E-state index in [9.17, 15) is 13.2 Å². The van der Waals surface area contributed by atoms with Gasteiger partial charge in [-0.2, -0.15) is 4.31 Å². The van der Waals surface area contributed by atoms with Crippen molar-refractivity contribution >= 4 is 15.9 Å². The Balaban J connectivity index is 2.04. The summed E-state index contributed by atoms with van der Waals surface area (Å²) in [7, 11) is -3.45. The number of hydrogen-bond donors (Lipinski definition) is 0. The fourth-order valence-electron chi connectivity index (χ4n) is 2.36. The zero-order valence-corrected chi connectivity index (χ0v) is 13.1. The minimum Gasteiger partial charge on any atom is -0.342 e. The van der Waals surface area contributed by atoms with Crippen molar-refractivity contribution in [3.8, 4) is 0 Å². The van der Waals surface area contributed by atoms with E-state index in [1.807, 2.05) is 0 Å². The first kappa shape index (κ1) is 15.9. The molecular weight excluding hydrogens is 290 g/mol. The molecule has 2 heterocycles. The number of likely N-dealkylation sites (tertiary alicyclic amines) is 1. The lowest BCUT2D eigenvalue weighted by molar-refractivity contribution is -0.132. The van der Waals surface area contributed by atoms with E-state index in [-0.39, 0.29) is 19.0 Å². The highest BCUT2D eigenvalue weighted by atomic mass is 32.2. The minimum absolute atomic E-state index is 0.116. The highest BCUT2D eigenvalue weighted by Gasteiger charge is 2.24. The third-order valence-corrected chi connectivity index (χ3v) is 4.75. The summed E-state index contributed by atoms with van der Waals surface area (Å²) in [5.41, 5.74) is 0.634. The molecule has 0 radical (unpaired) electrons. The maximum Gasteiger partial charge on any atom is 0.237 e. The van der Waals surface area contributed by atoms with Gasteiger partial charge in [-0.15, -0.1) is 0 Å². The number of hydrogen-bond acceptors (Lipinski definition) is 4. The molecule has 0 saturated carbocycles. The van der Waals surface area contributed by atoms with E-state index in [1.54, 1.807) is 29.3 Å². The average Bonchev–Trinajstić information content (AvgIpc) is 2.47. The van der Waals surface area contributed by atoms with Crippen LogP contribution in [0.25, 0.3) is 0 Å². The predicted molar refractivity (Wildman–Crippen MR) is 79.9 cm³/mol. The molecule has 1 aliphatic heterocycles. The summed E-state index contributed by atoms with van der Waals surface area (Å²) in [4.78, 5) is 18.1. The van der Waals surface area contributed by atoms with Crippen LogP contribution < -0.4 is 0 Å². The zero-order chi connectivity index (χ0) is 15.3. The van der Waals surface area contributed by atoms with E-state index < -0.39 is 10.0 Å². The summed E-state index contributed by atoms with van der Waals surface area (Å²) in [5, 5.41) is 0. The van der Waals surface area contributed by atoms with Gasteiger partial charge in [-0.25, -0.2) is 8.42 Å². The summed E-state index contributed by atoms with van der Waals surface area (Å²) in [6.07, 6.45) is 5.85. The summed E-state index contributed by atoms with van der Waals surface area (Å²) < 4.78 is 24.9. The molecule has 0 aliphatic carbocycles. The molecule has 0 aromatic carbocycles. The molecule has 1 aromatic heterocycles. The molecular formula is C14H21N3O3S. The fraction of sp³-hybridized carbons (Fsp3) is 0.571. The van der Waals surface area contributed by atoms with Gasteiger partial charge in [-0.1, -0.05) is 6.07 Å². The molecule has 0 bridgehead atoms. The van der Waals surface area contributed by atoms with Crippen molar-refractivity contribution in [3.05, 3.63) is 30.1 Å². The first-order chi connectivity index (χ1) is 9.97. The number of amides is 1. The molecule has 1 amide bonds. The van der Waals surface area contributed by atoms with Crippen molar-refractivity contribution < 1.29 is 13.2 Å². The molecule has 1 aromatic rings. The molecule has 1 saturated heterocycles. The summed E-state index contributed by atoms with van der Waals surface area (Å²) >= 11 is 0. The Hall–Kier alpha value is -1.47. The van der Waals surface area contributed by atoms with E-state index in [1.165, 1.54) is 4.31 Å². The summed E-state index contributed by atoms with van der Waals surface area (Å²) in [6, 6.07) is 5.33. The fourth-order valence-corrected chi connectivity index (χ4v) is 3.07. The van der Waals surface area contributed by atoms with Crippen molar-refractivity contribution in [1.82, 2.24) is 14.2 Å². The van der Waals surface area contributed by atoms with E-state index in [2.05, 4.69) is 4.98 Å². The molecule has 0 atom stereocenters. The van der Waals surface area contributed by atoms with Gasteiger partial charge >= 0.3 is 0 Å². The molecule has 6 nitrogen and oxygen atoms in total. The molecule has 0 unspecified atom stereocenters. The quantitative estimate of drug-likeness (QED) is 0.808. The van der Waals surface area contributed by atoms with Gasteiger partial charge < -0.3 is 4.90 Å². The van der Waals surface area contributed by atoms with Crippen molar-refractivity contribution in [2.45, 2.75) is 25.8 Å². The zero-order valence-electron chi connectivity index (χ0n) is 12.2. The lowest BCUT2D eigenvalue weighted by atomic mass is 10.1. The van der Waals surface area contributed by atoms with Crippen LogP contribution in [-0.4, -0.2) is 54.4 Å². The number of sulfonamides is 1. The molecule has 7 heteroatoms. The molecule has 116 valence electrons. The van der Waals surface area contributed by atoms with Crippen LogP contribution in [-0.2, 0) is 21.4 Å². The Morgan fingerprint density at radius 2 is 2.00 bits per heavy atom. The highest BCUT2D eigenvalue weighted by molar-refractivity contribution is 7.88. The highest BCUT2D eigenvalue weighted by Crippen LogP contribution is 2.11. The van der Waals surface area contributed by atoms with Crippen LogP contribution in [0.3, 0.4) is 0 Å². The van der Waals surface area contributed by atoms with Gasteiger partial charge in [-0.05, 0) is 31.4 Å². The van der Waals surface area contributed by atoms with E-state index >= 15 is 0 Å². The molecule has 1 aliphatic rings. The van der Waals surface area contributed by atoms with Crippen LogP contribution >= 0.6 is 0 Å². The van der Waals surface area contributed by atoms with Gasteiger partial charge in [0, 0.05) is 19.3 Å². The monoisotopic (exact) mass is 311 g/mol. The Morgan fingerprint density at radius 3 is 2.57 bits per heavy atom. The minimum atomic E-state index is -3.45. The number of carbonyl (C=O) groups is 1. The van der Waals surface area contributed by atoms with Crippen molar-refractivity contribution in [1.29, 1.82) is 0 Å². The topological polar surface area (TPSA) is 70.6 Å². The van der Waals surface area contributed by atoms with E-state index in [4.69, 9.17) is 0 Å². The van der Waals surface area contributed by atoms with Gasteiger partial charge in [0.2, 0.25) is 15.9 Å². The second-order valence-corrected chi connectivity index (χ2v) is 7.28. The van der Waals surface area contributed by atoms with Crippen LogP contribution in [0.4, 0.5) is 0 Å². The van der Waals surface area contributed by atoms with Gasteiger partial charge in [0.05, 0.1) is 25.0 Å². The van der Waals surface area contributed by atoms with Gasteiger partial charge in [0.15, 0.2) is 0 Å². The maximum atomic E-state index is 12.2. The Morgan fingerprint density at radius 1 is 1.29 bits per heavy atom. The SMILES string of the molecule is CS(=O)(=O)N(CC(=O)N1CCCCC1)Cc1ccccn1. The molecule has 0 spiro atoms. The van der Waals surface area contributed by atoms with Gasteiger partial charge in [0.25, 0.3) is 0 Å². The lowest BCUT2D eigenvalue weighted by Gasteiger charge is -2.29. The molecule has 21 heavy (non-hydrogen) atoms. The lowest BCUT2D eigenvalue weighted by Crippen LogP contribution is -2.44. The van der Waals surface area contributed by atoms with Crippen LogP contribution in [0.2, 0.25) is 0 Å². The Bertz CT molecular complexity index is 568. The third-order valence-electron chi connectivity index (χ3n) is 3.55. The van der Waals surface area contributed by atoms with Crippen molar-refractivity contribution in [3.63, 3.8) is 0 Å². The van der Waals surface area contributed by atoms with Crippen molar-refractivity contribution in [2.24, 2.45) is 0 Å². The molecule has 2 rings (SSSR count). The smallest absolute Gasteiger partial charge is 0.237 e. The third kappa shape index (κ3) is 4.78. The molecule has 0 N–H and O–H groups in total. The standard InChI is InChI=1S/C14H21N3O3S/c1-21(19,20)17(11-13-7-3-4-8-15-13)12-14(18)16-9-5-2-6-10-16/h3-4,7-8H,2,5-6,9-12H2,1H3. The van der Waals surface area contributed by atoms with Crippen LogP contribution in [0.5, 0.6) is 0 Å². The summed E-state index contributed by atoms with van der Waals surface area (Å²) in [5.74, 6) is -0.129. The second-order valence-electron chi connectivity index (χ2n) is 5.29. The number of carbonyl (C=O) groups excluding carboxylic acids is 1. The Labute approximate surface area is 125 Å². The first-order valence-electron chi connectivity index (χ1n) is 7.09. The van der Waals surface area contributed by atoms with E-state index in [0.29, 0.717) is 5.69 Å². The van der Waals surface area contributed by atoms with Gasteiger partial charge in [0.1, 0.15) is 0 Å². The summed E-state index contributed by atoms with van der Waals surface area (Å²) in [6.45, 7) is 1.45. The van der Waals surface area contributed by atoms with Gasteiger partial charge in [-0.3, -0.25) is 9.78 Å². The number of pyridine rings is 1. The number of nitrogens with zero attached hydrogens (tertiary/aromatic N) is 3. The van der Waals surface area contributed by atoms with Crippen LogP contribution in [0.15, 0.2) is 24.4 Å². The maximum absolute atomic E-state index is 12.2. The predicted octanol–water partition coefficient (Wildman–Crippen LogP) is 0.856. The number of piperidine rings is 1. The largest absolute Gasteiger partial charge is 0.342 e. The van der Waals surface area contributed by atoms with Crippen LogP contribution in [0, 0.1) is 0 Å². The normalized spacial score (nSPS) is 16.2. The number of aromatic nitrogens is 1. The number of rotatable bonds is 5.